The zero-order valence-electron chi connectivity index (χ0n) is 21.6. The SMILES string of the molecule is CCOC(=O)c1c(-c2ccc(F)cc2)oc2cc(NC(=O)CN(C)c3ccccc3)c(-c3ccccc3)cc12. The second kappa shape index (κ2) is 11.2. The van der Waals surface area contributed by atoms with E-state index in [1.807, 2.05) is 78.7 Å². The van der Waals surface area contributed by atoms with Crippen LogP contribution in [0.15, 0.2) is 101 Å². The summed E-state index contributed by atoms with van der Waals surface area (Å²) in [6.07, 6.45) is 0. The summed E-state index contributed by atoms with van der Waals surface area (Å²) in [4.78, 5) is 28.1. The highest BCUT2D eigenvalue weighted by atomic mass is 19.1. The number of anilines is 2. The highest BCUT2D eigenvalue weighted by molar-refractivity contribution is 6.12. The van der Waals surface area contributed by atoms with Gasteiger partial charge >= 0.3 is 5.97 Å². The van der Waals surface area contributed by atoms with Crippen LogP contribution in [0.3, 0.4) is 0 Å². The van der Waals surface area contributed by atoms with Crippen molar-refractivity contribution in [3.8, 4) is 22.5 Å². The van der Waals surface area contributed by atoms with Crippen LogP contribution in [0.25, 0.3) is 33.4 Å². The van der Waals surface area contributed by atoms with Crippen molar-refractivity contribution in [1.29, 1.82) is 0 Å². The average Bonchev–Trinajstić information content (AvgIpc) is 3.32. The van der Waals surface area contributed by atoms with Gasteiger partial charge in [-0.2, -0.15) is 0 Å². The number of nitrogens with one attached hydrogen (secondary N) is 1. The van der Waals surface area contributed by atoms with Crippen LogP contribution in [0.1, 0.15) is 17.3 Å². The van der Waals surface area contributed by atoms with Gasteiger partial charge in [-0.3, -0.25) is 4.79 Å². The summed E-state index contributed by atoms with van der Waals surface area (Å²) in [5.74, 6) is -0.885. The number of furan rings is 1. The monoisotopic (exact) mass is 522 g/mol. The third-order valence-corrected chi connectivity index (χ3v) is 6.35. The van der Waals surface area contributed by atoms with E-state index >= 15 is 0 Å². The fraction of sp³-hybridized carbons (Fsp3) is 0.125. The zero-order chi connectivity index (χ0) is 27.4. The fourth-order valence-electron chi connectivity index (χ4n) is 4.49. The van der Waals surface area contributed by atoms with Crippen LogP contribution in [0.2, 0.25) is 0 Å². The third kappa shape index (κ3) is 5.52. The van der Waals surface area contributed by atoms with Gasteiger partial charge in [0.2, 0.25) is 5.91 Å². The van der Waals surface area contributed by atoms with Crippen molar-refractivity contribution in [1.82, 2.24) is 0 Å². The normalized spacial score (nSPS) is 10.8. The van der Waals surface area contributed by atoms with Gasteiger partial charge in [-0.1, -0.05) is 48.5 Å². The number of ether oxygens (including phenoxy) is 1. The Morgan fingerprint density at radius 2 is 1.56 bits per heavy atom. The van der Waals surface area contributed by atoms with Crippen LogP contribution < -0.4 is 10.2 Å². The largest absolute Gasteiger partial charge is 0.462 e. The molecule has 6 nitrogen and oxygen atoms in total. The van der Waals surface area contributed by atoms with E-state index in [9.17, 15) is 14.0 Å². The molecule has 196 valence electrons. The van der Waals surface area contributed by atoms with Gasteiger partial charge in [0.05, 0.1) is 18.8 Å². The standard InChI is InChI=1S/C32H27FN2O4/c1-3-38-32(37)30-26-18-25(21-10-6-4-7-11-21)27(34-29(36)20-35(2)24-12-8-5-9-13-24)19-28(26)39-31(30)22-14-16-23(33)17-15-22/h4-19H,3,20H2,1-2H3,(H,34,36). The molecule has 0 aliphatic rings. The maximum atomic E-state index is 13.6. The Balaban J connectivity index is 1.61. The number of hydrogen-bond donors (Lipinski definition) is 1. The average molecular weight is 523 g/mol. The van der Waals surface area contributed by atoms with Crippen LogP contribution in [0.4, 0.5) is 15.8 Å². The molecule has 0 unspecified atom stereocenters. The van der Waals surface area contributed by atoms with Crippen molar-refractivity contribution < 1.29 is 23.1 Å². The smallest absolute Gasteiger partial charge is 0.342 e. The first-order chi connectivity index (χ1) is 18.9. The minimum absolute atomic E-state index is 0.128. The quantitative estimate of drug-likeness (QED) is 0.219. The number of nitrogens with zero attached hydrogens (tertiary/aromatic N) is 1. The molecule has 0 aliphatic carbocycles. The van der Waals surface area contributed by atoms with E-state index in [1.54, 1.807) is 25.1 Å². The number of rotatable bonds is 8. The Morgan fingerprint density at radius 3 is 2.23 bits per heavy atom. The molecular formula is C32H27FN2O4. The maximum absolute atomic E-state index is 13.6. The Hall–Kier alpha value is -4.91. The molecule has 4 aromatic carbocycles. The van der Waals surface area contributed by atoms with Crippen LogP contribution in [0.5, 0.6) is 0 Å². The number of likely N-dealkylation sites (N-methyl/N-ethyl adjacent to an activating group) is 1. The number of amides is 1. The van der Waals surface area contributed by atoms with Gasteiger partial charge in [-0.05, 0) is 55.0 Å². The lowest BCUT2D eigenvalue weighted by molar-refractivity contribution is -0.114. The van der Waals surface area contributed by atoms with E-state index in [0.717, 1.165) is 16.8 Å². The van der Waals surface area contributed by atoms with Crippen molar-refractivity contribution in [2.45, 2.75) is 6.92 Å². The van der Waals surface area contributed by atoms with Crippen molar-refractivity contribution in [3.63, 3.8) is 0 Å². The number of carbonyl (C=O) groups excluding carboxylic acids is 2. The van der Waals surface area contributed by atoms with E-state index in [-0.39, 0.29) is 30.4 Å². The Bertz CT molecular complexity index is 1610. The van der Waals surface area contributed by atoms with Crippen LogP contribution in [-0.2, 0) is 9.53 Å². The molecule has 39 heavy (non-hydrogen) atoms. The molecule has 5 rings (SSSR count). The number of hydrogen-bond acceptors (Lipinski definition) is 5. The first kappa shape index (κ1) is 25.7. The maximum Gasteiger partial charge on any atom is 0.342 e. The third-order valence-electron chi connectivity index (χ3n) is 6.35. The van der Waals surface area contributed by atoms with Gasteiger partial charge in [-0.15, -0.1) is 0 Å². The summed E-state index contributed by atoms with van der Waals surface area (Å²) < 4.78 is 25.2. The first-order valence-corrected chi connectivity index (χ1v) is 12.6. The lowest BCUT2D eigenvalue weighted by Gasteiger charge is -2.19. The predicted octanol–water partition coefficient (Wildman–Crippen LogP) is 7.16. The molecule has 0 atom stereocenters. The summed E-state index contributed by atoms with van der Waals surface area (Å²) in [5.41, 5.74) is 4.20. The Morgan fingerprint density at radius 1 is 0.897 bits per heavy atom. The molecule has 1 N–H and O–H groups in total. The van der Waals surface area contributed by atoms with E-state index in [2.05, 4.69) is 5.32 Å². The molecule has 0 spiro atoms. The summed E-state index contributed by atoms with van der Waals surface area (Å²) >= 11 is 0. The summed E-state index contributed by atoms with van der Waals surface area (Å²) in [6.45, 7) is 2.04. The number of esters is 1. The molecule has 1 aromatic heterocycles. The molecule has 1 amide bonds. The molecule has 0 saturated heterocycles. The van der Waals surface area contributed by atoms with Crippen molar-refractivity contribution in [2.75, 3.05) is 30.4 Å². The van der Waals surface area contributed by atoms with Crippen LogP contribution in [-0.4, -0.2) is 32.1 Å². The number of halogens is 1. The van der Waals surface area contributed by atoms with E-state index in [1.165, 1.54) is 12.1 Å². The van der Waals surface area contributed by atoms with Gasteiger partial charge in [0, 0.05) is 35.3 Å². The fourth-order valence-corrected chi connectivity index (χ4v) is 4.49. The summed E-state index contributed by atoms with van der Waals surface area (Å²) in [6, 6.07) is 28.5. The molecule has 0 aliphatic heterocycles. The molecular weight excluding hydrogens is 495 g/mol. The van der Waals surface area contributed by atoms with Gasteiger partial charge in [0.25, 0.3) is 0 Å². The van der Waals surface area contributed by atoms with Gasteiger partial charge in [0.15, 0.2) is 0 Å². The van der Waals surface area contributed by atoms with Crippen molar-refractivity contribution in [3.05, 3.63) is 108 Å². The molecule has 0 saturated carbocycles. The van der Waals surface area contributed by atoms with Gasteiger partial charge in [-0.25, -0.2) is 9.18 Å². The van der Waals surface area contributed by atoms with Crippen LogP contribution >= 0.6 is 0 Å². The minimum atomic E-state index is -0.546. The molecule has 0 bridgehead atoms. The second-order valence-electron chi connectivity index (χ2n) is 9.03. The Kier molecular flexibility index (Phi) is 7.41. The van der Waals surface area contributed by atoms with E-state index < -0.39 is 11.8 Å². The zero-order valence-corrected chi connectivity index (χ0v) is 21.6. The lowest BCUT2D eigenvalue weighted by atomic mass is 9.98. The lowest BCUT2D eigenvalue weighted by Crippen LogP contribution is -2.30. The molecule has 5 aromatic rings. The number of fused-ring (bicyclic) bond motifs is 1. The van der Waals surface area contributed by atoms with Gasteiger partial charge < -0.3 is 19.4 Å². The first-order valence-electron chi connectivity index (χ1n) is 12.6. The summed E-state index contributed by atoms with van der Waals surface area (Å²) in [5, 5.41) is 3.56. The summed E-state index contributed by atoms with van der Waals surface area (Å²) in [7, 11) is 1.85. The minimum Gasteiger partial charge on any atom is -0.462 e. The highest BCUT2D eigenvalue weighted by Gasteiger charge is 2.25. The second-order valence-corrected chi connectivity index (χ2v) is 9.03. The van der Waals surface area contributed by atoms with Gasteiger partial charge in [0.1, 0.15) is 22.7 Å². The molecule has 1 heterocycles. The topological polar surface area (TPSA) is 71.8 Å². The predicted molar refractivity (Wildman–Crippen MR) is 151 cm³/mol. The number of carbonyl (C=O) groups is 2. The molecule has 0 radical (unpaired) electrons. The number of benzene rings is 4. The van der Waals surface area contributed by atoms with E-state index in [0.29, 0.717) is 22.2 Å². The highest BCUT2D eigenvalue weighted by Crippen LogP contribution is 2.40. The molecule has 0 fully saturated rings. The van der Waals surface area contributed by atoms with Crippen molar-refractivity contribution in [2.24, 2.45) is 0 Å². The number of para-hydroxylation sites is 1. The molecule has 7 heteroatoms. The van der Waals surface area contributed by atoms with Crippen LogP contribution in [0, 0.1) is 5.82 Å². The Labute approximate surface area is 225 Å². The van der Waals surface area contributed by atoms with Crippen molar-refractivity contribution >= 4 is 34.2 Å². The van der Waals surface area contributed by atoms with E-state index in [4.69, 9.17) is 9.15 Å².